The molecule has 0 spiro atoms. The summed E-state index contributed by atoms with van der Waals surface area (Å²) in [7, 11) is 0. The molecule has 0 saturated heterocycles. The van der Waals surface area contributed by atoms with Gasteiger partial charge in [0.1, 0.15) is 6.61 Å². The number of unbranched alkanes of at least 4 members (excludes halogenated alkanes) is 8. The molecule has 0 atom stereocenters. The molecule has 0 N–H and O–H groups in total. The molecule has 38 heavy (non-hydrogen) atoms. The zero-order valence-electron chi connectivity index (χ0n) is 23.9. The van der Waals surface area contributed by atoms with Crippen LogP contribution >= 0.6 is 22.6 Å². The summed E-state index contributed by atoms with van der Waals surface area (Å²) in [5.74, 6) is -0.129. The van der Waals surface area contributed by atoms with E-state index in [1.807, 2.05) is 0 Å². The third-order valence-electron chi connectivity index (χ3n) is 5.43. The zero-order valence-corrected chi connectivity index (χ0v) is 26.1. The van der Waals surface area contributed by atoms with Crippen LogP contribution in [0, 0.1) is 0 Å². The van der Waals surface area contributed by atoms with Crippen LogP contribution in [-0.4, -0.2) is 110 Å². The van der Waals surface area contributed by atoms with Gasteiger partial charge < -0.3 is 37.9 Å². The number of esters is 1. The lowest BCUT2D eigenvalue weighted by Gasteiger charge is -2.08. The maximum atomic E-state index is 11.7. The highest BCUT2D eigenvalue weighted by atomic mass is 127. The molecule has 0 unspecified atom stereocenters. The Hall–Kier alpha value is -0.0800. The average molecular weight is 663 g/mol. The second kappa shape index (κ2) is 34.9. The SMILES string of the molecule is CCCCCCCCCCCC(=O)OCCOCCOCCOCCOCCOCCOCCOCCI. The van der Waals surface area contributed by atoms with E-state index in [1.165, 1.54) is 44.9 Å². The van der Waals surface area contributed by atoms with Crippen LogP contribution in [0.2, 0.25) is 0 Å². The molecule has 9 nitrogen and oxygen atoms in total. The minimum atomic E-state index is -0.129. The van der Waals surface area contributed by atoms with Crippen LogP contribution in [0.3, 0.4) is 0 Å². The highest BCUT2D eigenvalue weighted by Crippen LogP contribution is 2.10. The Morgan fingerprint density at radius 2 is 0.763 bits per heavy atom. The number of rotatable bonds is 33. The van der Waals surface area contributed by atoms with Gasteiger partial charge in [0.2, 0.25) is 0 Å². The van der Waals surface area contributed by atoms with Gasteiger partial charge in [-0.05, 0) is 6.42 Å². The monoisotopic (exact) mass is 662 g/mol. The third kappa shape index (κ3) is 33.9. The topological polar surface area (TPSA) is 90.9 Å². The van der Waals surface area contributed by atoms with E-state index in [9.17, 15) is 4.79 Å². The Balaban J connectivity index is 3.11. The number of ether oxygens (including phenoxy) is 8. The lowest BCUT2D eigenvalue weighted by Crippen LogP contribution is -2.15. The summed E-state index contributed by atoms with van der Waals surface area (Å²) >= 11 is 2.28. The van der Waals surface area contributed by atoms with Gasteiger partial charge in [0.15, 0.2) is 0 Å². The van der Waals surface area contributed by atoms with Crippen molar-refractivity contribution in [3.8, 4) is 0 Å². The number of alkyl halides is 1. The molecule has 228 valence electrons. The van der Waals surface area contributed by atoms with E-state index < -0.39 is 0 Å². The molecule has 0 bridgehead atoms. The number of carbonyl (C=O) groups excluding carboxylic acids is 1. The van der Waals surface area contributed by atoms with E-state index in [2.05, 4.69) is 29.5 Å². The standard InChI is InChI=1S/C28H55IO9/c1-2-3-4-5-6-7-8-9-10-11-28(30)38-27-26-37-25-24-36-23-22-35-21-20-34-19-18-33-17-16-32-15-14-31-13-12-29/h2-27H2,1H3. The van der Waals surface area contributed by atoms with Gasteiger partial charge in [-0.15, -0.1) is 0 Å². The third-order valence-corrected chi connectivity index (χ3v) is 5.87. The minimum absolute atomic E-state index is 0.129. The van der Waals surface area contributed by atoms with Gasteiger partial charge in [-0.2, -0.15) is 0 Å². The van der Waals surface area contributed by atoms with Crippen molar-refractivity contribution in [2.75, 3.05) is 104 Å². The molecule has 10 heteroatoms. The first kappa shape index (κ1) is 37.9. The van der Waals surface area contributed by atoms with Crippen molar-refractivity contribution in [1.29, 1.82) is 0 Å². The first-order valence-electron chi connectivity index (χ1n) is 14.6. The second-order valence-corrected chi connectivity index (χ2v) is 9.85. The molecule has 0 aliphatic carbocycles. The lowest BCUT2D eigenvalue weighted by molar-refractivity contribution is -0.145. The number of hydrogen-bond acceptors (Lipinski definition) is 9. The number of halogens is 1. The minimum Gasteiger partial charge on any atom is -0.463 e. The molecule has 0 rings (SSSR count). The van der Waals surface area contributed by atoms with E-state index in [0.717, 1.165) is 23.9 Å². The Morgan fingerprint density at radius 3 is 1.13 bits per heavy atom. The molecule has 0 radical (unpaired) electrons. The first-order chi connectivity index (χ1) is 18.8. The Labute approximate surface area is 245 Å². The highest BCUT2D eigenvalue weighted by molar-refractivity contribution is 14.1. The molecule has 0 aromatic heterocycles. The second-order valence-electron chi connectivity index (χ2n) is 8.77. The summed E-state index contributed by atoms with van der Waals surface area (Å²) in [5, 5.41) is 0. The summed E-state index contributed by atoms with van der Waals surface area (Å²) < 4.78 is 44.1. The smallest absolute Gasteiger partial charge is 0.305 e. The van der Waals surface area contributed by atoms with E-state index >= 15 is 0 Å². The largest absolute Gasteiger partial charge is 0.463 e. The molecule has 0 aromatic rings. The molecular weight excluding hydrogens is 607 g/mol. The van der Waals surface area contributed by atoms with Crippen molar-refractivity contribution >= 4 is 28.6 Å². The molecule has 0 fully saturated rings. The predicted molar refractivity (Wildman–Crippen MR) is 157 cm³/mol. The molecule has 0 amide bonds. The zero-order chi connectivity index (χ0) is 27.6. The molecule has 0 aliphatic heterocycles. The highest BCUT2D eigenvalue weighted by Gasteiger charge is 2.02. The maximum absolute atomic E-state index is 11.7. The van der Waals surface area contributed by atoms with Crippen LogP contribution in [0.1, 0.15) is 71.1 Å². The Kier molecular flexibility index (Phi) is 34.9. The van der Waals surface area contributed by atoms with Gasteiger partial charge in [0, 0.05) is 10.8 Å². The van der Waals surface area contributed by atoms with Crippen molar-refractivity contribution in [2.45, 2.75) is 71.1 Å². The lowest BCUT2D eigenvalue weighted by atomic mass is 10.1. The van der Waals surface area contributed by atoms with Crippen molar-refractivity contribution in [1.82, 2.24) is 0 Å². The number of hydrogen-bond donors (Lipinski definition) is 0. The van der Waals surface area contributed by atoms with E-state index in [0.29, 0.717) is 98.9 Å². The van der Waals surface area contributed by atoms with Crippen molar-refractivity contribution in [2.24, 2.45) is 0 Å². The van der Waals surface area contributed by atoms with Gasteiger partial charge in [0.25, 0.3) is 0 Å². The van der Waals surface area contributed by atoms with E-state index in [4.69, 9.17) is 37.9 Å². The molecular formula is C28H55IO9. The summed E-state index contributed by atoms with van der Waals surface area (Å²) in [4.78, 5) is 11.7. The quantitative estimate of drug-likeness (QED) is 0.0417. The number of carbonyl (C=O) groups is 1. The van der Waals surface area contributed by atoms with Crippen LogP contribution in [0.5, 0.6) is 0 Å². The maximum Gasteiger partial charge on any atom is 0.305 e. The van der Waals surface area contributed by atoms with Gasteiger partial charge in [-0.25, -0.2) is 0 Å². The first-order valence-corrected chi connectivity index (χ1v) is 16.1. The fourth-order valence-electron chi connectivity index (χ4n) is 3.34. The van der Waals surface area contributed by atoms with Gasteiger partial charge >= 0.3 is 5.97 Å². The van der Waals surface area contributed by atoms with Crippen LogP contribution in [0.15, 0.2) is 0 Å². The Morgan fingerprint density at radius 1 is 0.447 bits per heavy atom. The van der Waals surface area contributed by atoms with Crippen LogP contribution in [0.25, 0.3) is 0 Å². The fraction of sp³-hybridized carbons (Fsp3) is 0.964. The van der Waals surface area contributed by atoms with Crippen LogP contribution in [0.4, 0.5) is 0 Å². The van der Waals surface area contributed by atoms with Crippen LogP contribution in [-0.2, 0) is 42.7 Å². The fourth-order valence-corrected chi connectivity index (χ4v) is 3.65. The molecule has 0 saturated carbocycles. The van der Waals surface area contributed by atoms with Crippen molar-refractivity contribution < 1.29 is 42.7 Å². The normalized spacial score (nSPS) is 11.3. The summed E-state index contributed by atoms with van der Waals surface area (Å²) in [6.07, 6.45) is 11.7. The molecule has 0 aliphatic rings. The molecule has 0 aromatic carbocycles. The van der Waals surface area contributed by atoms with Gasteiger partial charge in [-0.1, -0.05) is 80.9 Å². The van der Waals surface area contributed by atoms with Crippen LogP contribution < -0.4 is 0 Å². The van der Waals surface area contributed by atoms with E-state index in [-0.39, 0.29) is 5.97 Å². The Bertz CT molecular complexity index is 458. The van der Waals surface area contributed by atoms with Crippen molar-refractivity contribution in [3.63, 3.8) is 0 Å². The molecule has 0 heterocycles. The summed E-state index contributed by atoms with van der Waals surface area (Å²) in [6.45, 7) is 10.1. The van der Waals surface area contributed by atoms with E-state index in [1.54, 1.807) is 0 Å². The predicted octanol–water partition coefficient (Wildman–Crippen LogP) is 5.00. The van der Waals surface area contributed by atoms with Gasteiger partial charge in [0.05, 0.1) is 92.5 Å². The summed E-state index contributed by atoms with van der Waals surface area (Å²) in [5.41, 5.74) is 0. The average Bonchev–Trinajstić information content (AvgIpc) is 2.92. The summed E-state index contributed by atoms with van der Waals surface area (Å²) in [6, 6.07) is 0. The van der Waals surface area contributed by atoms with Gasteiger partial charge in [-0.3, -0.25) is 4.79 Å². The van der Waals surface area contributed by atoms with Crippen molar-refractivity contribution in [3.05, 3.63) is 0 Å².